The number of piperidine rings is 1. The first-order chi connectivity index (χ1) is 10.4. The summed E-state index contributed by atoms with van der Waals surface area (Å²) >= 11 is 0. The number of likely N-dealkylation sites (N-methyl/N-ethyl adjacent to an activating group) is 1. The first kappa shape index (κ1) is 15.1. The first-order valence-corrected chi connectivity index (χ1v) is 7.67. The third kappa shape index (κ3) is 2.31. The van der Waals surface area contributed by atoms with E-state index in [1.54, 1.807) is 17.2 Å². The van der Waals surface area contributed by atoms with Gasteiger partial charge in [0.1, 0.15) is 6.61 Å². The summed E-state index contributed by atoms with van der Waals surface area (Å²) < 4.78 is 11.2. The van der Waals surface area contributed by atoms with Gasteiger partial charge in [0.15, 0.2) is 5.76 Å². The van der Waals surface area contributed by atoms with Gasteiger partial charge in [0.2, 0.25) is 5.91 Å². The van der Waals surface area contributed by atoms with Gasteiger partial charge in [-0.3, -0.25) is 9.59 Å². The van der Waals surface area contributed by atoms with E-state index < -0.39 is 0 Å². The van der Waals surface area contributed by atoms with Gasteiger partial charge in [-0.25, -0.2) is 0 Å². The maximum atomic E-state index is 12.5. The molecule has 0 bridgehead atoms. The van der Waals surface area contributed by atoms with Crippen molar-refractivity contribution in [1.82, 2.24) is 9.80 Å². The molecule has 0 N–H and O–H groups in total. The van der Waals surface area contributed by atoms with Crippen LogP contribution in [0.3, 0.4) is 0 Å². The summed E-state index contributed by atoms with van der Waals surface area (Å²) in [6, 6.07) is 1.82. The minimum Gasteiger partial charge on any atom is -0.459 e. The number of carbonyl (C=O) groups excluding carboxylic acids is 2. The average Bonchev–Trinajstić information content (AvgIpc) is 2.95. The summed E-state index contributed by atoms with van der Waals surface area (Å²) in [5.74, 6) is 0.369. The number of morpholine rings is 1. The number of rotatable bonds is 1. The molecule has 1 aromatic rings. The predicted molar refractivity (Wildman–Crippen MR) is 79.5 cm³/mol. The zero-order valence-corrected chi connectivity index (χ0v) is 13.3. The molecule has 120 valence electrons. The summed E-state index contributed by atoms with van der Waals surface area (Å²) in [6.07, 6.45) is 3.01. The molecular formula is C16H22N2O4. The molecule has 1 aromatic heterocycles. The van der Waals surface area contributed by atoms with E-state index in [0.717, 1.165) is 18.4 Å². The molecule has 2 amide bonds. The largest absolute Gasteiger partial charge is 0.459 e. The van der Waals surface area contributed by atoms with Gasteiger partial charge in [-0.15, -0.1) is 0 Å². The topological polar surface area (TPSA) is 63.0 Å². The van der Waals surface area contributed by atoms with Crippen LogP contribution in [0.15, 0.2) is 16.7 Å². The van der Waals surface area contributed by atoms with Crippen molar-refractivity contribution in [3.63, 3.8) is 0 Å². The van der Waals surface area contributed by atoms with Crippen molar-refractivity contribution in [3.05, 3.63) is 23.7 Å². The number of furan rings is 1. The van der Waals surface area contributed by atoms with Gasteiger partial charge in [-0.1, -0.05) is 0 Å². The van der Waals surface area contributed by atoms with Gasteiger partial charge in [0.25, 0.3) is 5.91 Å². The van der Waals surface area contributed by atoms with E-state index in [1.165, 1.54) is 0 Å². The third-order valence-electron chi connectivity index (χ3n) is 5.17. The van der Waals surface area contributed by atoms with Crippen LogP contribution in [0, 0.1) is 6.92 Å². The Kier molecular flexibility index (Phi) is 3.72. The van der Waals surface area contributed by atoms with E-state index in [-0.39, 0.29) is 30.1 Å². The standard InChI is InChI=1S/C16H22N2O4/c1-11-4-9-21-14(11)15(20)18-7-5-16(6-8-18)12(2)17(3)13(19)10-22-16/h4,9,12H,5-8,10H2,1-3H3/t12-/m0/s1. The number of ether oxygens (including phenoxy) is 1. The zero-order chi connectivity index (χ0) is 15.9. The van der Waals surface area contributed by atoms with Crippen molar-refractivity contribution in [3.8, 4) is 0 Å². The number of nitrogens with zero attached hydrogens (tertiary/aromatic N) is 2. The number of aryl methyl sites for hydroxylation is 1. The van der Waals surface area contributed by atoms with Crippen molar-refractivity contribution < 1.29 is 18.7 Å². The van der Waals surface area contributed by atoms with Crippen LogP contribution in [-0.4, -0.2) is 60.0 Å². The van der Waals surface area contributed by atoms with Crippen molar-refractivity contribution in [2.75, 3.05) is 26.7 Å². The Labute approximate surface area is 130 Å². The molecule has 0 radical (unpaired) electrons. The number of carbonyl (C=O) groups is 2. The van der Waals surface area contributed by atoms with Crippen molar-refractivity contribution >= 4 is 11.8 Å². The van der Waals surface area contributed by atoms with Crippen LogP contribution in [-0.2, 0) is 9.53 Å². The van der Waals surface area contributed by atoms with Gasteiger partial charge < -0.3 is 19.0 Å². The highest BCUT2D eigenvalue weighted by Crippen LogP contribution is 2.35. The second-order valence-corrected chi connectivity index (χ2v) is 6.26. The molecule has 2 aliphatic heterocycles. The maximum absolute atomic E-state index is 12.5. The molecule has 6 nitrogen and oxygen atoms in total. The van der Waals surface area contributed by atoms with Crippen molar-refractivity contribution in [2.24, 2.45) is 0 Å². The van der Waals surface area contributed by atoms with Gasteiger partial charge in [0, 0.05) is 25.7 Å². The monoisotopic (exact) mass is 306 g/mol. The molecule has 0 unspecified atom stereocenters. The van der Waals surface area contributed by atoms with E-state index in [0.29, 0.717) is 18.8 Å². The van der Waals surface area contributed by atoms with Crippen LogP contribution in [0.5, 0.6) is 0 Å². The normalized spacial score (nSPS) is 24.9. The van der Waals surface area contributed by atoms with Crippen LogP contribution in [0.2, 0.25) is 0 Å². The fraction of sp³-hybridized carbons (Fsp3) is 0.625. The van der Waals surface area contributed by atoms with Crippen molar-refractivity contribution in [2.45, 2.75) is 38.3 Å². The van der Waals surface area contributed by atoms with Gasteiger partial charge in [-0.2, -0.15) is 0 Å². The SMILES string of the molecule is Cc1ccoc1C(=O)N1CCC2(CC1)OCC(=O)N(C)[C@H]2C. The predicted octanol–water partition coefficient (Wildman–Crippen LogP) is 1.44. The quantitative estimate of drug-likeness (QED) is 0.787. The minimum absolute atomic E-state index is 0.0165. The number of hydrogen-bond acceptors (Lipinski definition) is 4. The van der Waals surface area contributed by atoms with E-state index in [4.69, 9.17) is 9.15 Å². The highest BCUT2D eigenvalue weighted by molar-refractivity contribution is 5.92. The van der Waals surface area contributed by atoms with Gasteiger partial charge >= 0.3 is 0 Å². The van der Waals surface area contributed by atoms with Crippen LogP contribution in [0.1, 0.15) is 35.9 Å². The van der Waals surface area contributed by atoms with E-state index in [1.807, 2.05) is 25.8 Å². The van der Waals surface area contributed by atoms with Gasteiger partial charge in [-0.05, 0) is 32.8 Å². The molecule has 2 saturated heterocycles. The summed E-state index contributed by atoms with van der Waals surface area (Å²) in [4.78, 5) is 27.8. The Balaban J connectivity index is 1.69. The lowest BCUT2D eigenvalue weighted by atomic mass is 9.83. The molecule has 2 aliphatic rings. The molecule has 1 spiro atoms. The van der Waals surface area contributed by atoms with Crippen LogP contribution in [0.25, 0.3) is 0 Å². The Bertz CT molecular complexity index is 587. The first-order valence-electron chi connectivity index (χ1n) is 7.67. The molecule has 22 heavy (non-hydrogen) atoms. The molecule has 0 aromatic carbocycles. The Morgan fingerprint density at radius 3 is 2.64 bits per heavy atom. The molecule has 3 heterocycles. The smallest absolute Gasteiger partial charge is 0.289 e. The molecule has 6 heteroatoms. The Morgan fingerprint density at radius 2 is 2.05 bits per heavy atom. The second-order valence-electron chi connectivity index (χ2n) is 6.26. The molecule has 0 saturated carbocycles. The lowest BCUT2D eigenvalue weighted by Crippen LogP contribution is -2.63. The van der Waals surface area contributed by atoms with E-state index in [2.05, 4.69) is 0 Å². The summed E-state index contributed by atoms with van der Waals surface area (Å²) in [5, 5.41) is 0. The Hall–Kier alpha value is -1.82. The number of likely N-dealkylation sites (tertiary alicyclic amines) is 1. The molecule has 0 aliphatic carbocycles. The third-order valence-corrected chi connectivity index (χ3v) is 5.17. The van der Waals surface area contributed by atoms with Gasteiger partial charge in [0.05, 0.1) is 17.9 Å². The summed E-state index contributed by atoms with van der Waals surface area (Å²) in [5.41, 5.74) is 0.524. The highest BCUT2D eigenvalue weighted by atomic mass is 16.5. The number of hydrogen-bond donors (Lipinski definition) is 0. The van der Waals surface area contributed by atoms with E-state index in [9.17, 15) is 9.59 Å². The van der Waals surface area contributed by atoms with E-state index >= 15 is 0 Å². The van der Waals surface area contributed by atoms with Crippen LogP contribution in [0.4, 0.5) is 0 Å². The molecule has 2 fully saturated rings. The molecule has 1 atom stereocenters. The molecule has 3 rings (SSSR count). The van der Waals surface area contributed by atoms with Crippen LogP contribution >= 0.6 is 0 Å². The number of amides is 2. The lowest BCUT2D eigenvalue weighted by Gasteiger charge is -2.50. The highest BCUT2D eigenvalue weighted by Gasteiger charge is 2.47. The zero-order valence-electron chi connectivity index (χ0n) is 13.3. The summed E-state index contributed by atoms with van der Waals surface area (Å²) in [6.45, 7) is 5.25. The second kappa shape index (κ2) is 5.43. The Morgan fingerprint density at radius 1 is 1.36 bits per heavy atom. The van der Waals surface area contributed by atoms with Crippen LogP contribution < -0.4 is 0 Å². The fourth-order valence-electron chi connectivity index (χ4n) is 3.38. The maximum Gasteiger partial charge on any atom is 0.289 e. The lowest BCUT2D eigenvalue weighted by molar-refractivity contribution is -0.181. The summed E-state index contributed by atoms with van der Waals surface area (Å²) in [7, 11) is 1.82. The minimum atomic E-state index is -0.336. The van der Waals surface area contributed by atoms with Crippen molar-refractivity contribution in [1.29, 1.82) is 0 Å². The fourth-order valence-corrected chi connectivity index (χ4v) is 3.38. The molecular weight excluding hydrogens is 284 g/mol. The average molecular weight is 306 g/mol.